The number of nitrogens with one attached hydrogen (secondary N) is 2. The predicted octanol–water partition coefficient (Wildman–Crippen LogP) is 0.708. The van der Waals surface area contributed by atoms with E-state index in [1.54, 1.807) is 13.0 Å². The van der Waals surface area contributed by atoms with Gasteiger partial charge < -0.3 is 9.47 Å². The van der Waals surface area contributed by atoms with Crippen LogP contribution in [0.3, 0.4) is 0 Å². The summed E-state index contributed by atoms with van der Waals surface area (Å²) in [4.78, 5) is 23.3. The summed E-state index contributed by atoms with van der Waals surface area (Å²) in [5.74, 6) is 0.257. The van der Waals surface area contributed by atoms with E-state index >= 15 is 0 Å². The van der Waals surface area contributed by atoms with Crippen LogP contribution in [0.1, 0.15) is 5.82 Å². The third-order valence-corrected chi connectivity index (χ3v) is 4.09. The van der Waals surface area contributed by atoms with Gasteiger partial charge in [0.05, 0.1) is 14.2 Å². The Kier molecular flexibility index (Phi) is 5.14. The number of sulfonamides is 1. The molecule has 1 aromatic heterocycles. The number of anilines is 1. The Labute approximate surface area is 138 Å². The van der Waals surface area contributed by atoms with Crippen LogP contribution in [0.4, 0.5) is 10.7 Å². The highest BCUT2D eigenvalue weighted by Crippen LogP contribution is 2.22. The summed E-state index contributed by atoms with van der Waals surface area (Å²) in [6.07, 6.45) is 0. The normalized spacial score (nSPS) is 10.8. The smallest absolute Gasteiger partial charge is 0.335 e. The molecule has 1 aromatic carbocycles. The molecule has 0 unspecified atom stereocenters. The molecular weight excluding hydrogens is 338 g/mol. The molecule has 11 heteroatoms. The van der Waals surface area contributed by atoms with Crippen molar-refractivity contribution in [3.8, 4) is 11.8 Å². The van der Waals surface area contributed by atoms with E-state index in [1.807, 2.05) is 4.72 Å². The van der Waals surface area contributed by atoms with Crippen molar-refractivity contribution < 1.29 is 22.7 Å². The van der Waals surface area contributed by atoms with Gasteiger partial charge in [-0.1, -0.05) is 12.1 Å². The van der Waals surface area contributed by atoms with E-state index in [-0.39, 0.29) is 22.6 Å². The summed E-state index contributed by atoms with van der Waals surface area (Å²) in [6, 6.07) is 4.85. The fraction of sp³-hybridized carbons (Fsp3) is 0.231. The highest BCUT2D eigenvalue weighted by Gasteiger charge is 2.22. The molecule has 2 aromatic rings. The van der Waals surface area contributed by atoms with Crippen molar-refractivity contribution in [2.75, 3.05) is 19.5 Å². The average Bonchev–Trinajstić information content (AvgIpc) is 2.53. The molecule has 0 fully saturated rings. The molecule has 0 atom stereocenters. The lowest BCUT2D eigenvalue weighted by Crippen LogP contribution is -2.35. The average molecular weight is 353 g/mol. The van der Waals surface area contributed by atoms with Crippen LogP contribution in [-0.4, -0.2) is 43.6 Å². The minimum atomic E-state index is -4.14. The summed E-state index contributed by atoms with van der Waals surface area (Å²) >= 11 is 0. The molecule has 0 spiro atoms. The molecule has 2 rings (SSSR count). The lowest BCUT2D eigenvalue weighted by atomic mass is 10.3. The lowest BCUT2D eigenvalue weighted by molar-refractivity contribution is 0.256. The molecule has 2 N–H and O–H groups in total. The Hall–Kier alpha value is -2.95. The van der Waals surface area contributed by atoms with Crippen LogP contribution in [0, 0.1) is 6.92 Å². The number of para-hydroxylation sites is 1. The molecule has 0 aliphatic rings. The number of rotatable bonds is 5. The highest BCUT2D eigenvalue weighted by atomic mass is 32.2. The monoisotopic (exact) mass is 353 g/mol. The van der Waals surface area contributed by atoms with E-state index < -0.39 is 16.1 Å². The number of hydrogen-bond acceptors (Lipinski definition) is 8. The molecule has 0 saturated heterocycles. The molecule has 0 bridgehead atoms. The largest absolute Gasteiger partial charge is 0.495 e. The minimum Gasteiger partial charge on any atom is -0.495 e. The minimum absolute atomic E-state index is 0.00890. The number of nitrogens with zero attached hydrogens (tertiary/aromatic N) is 3. The second kappa shape index (κ2) is 7.08. The third-order valence-electron chi connectivity index (χ3n) is 2.72. The van der Waals surface area contributed by atoms with Crippen molar-refractivity contribution >= 4 is 22.0 Å². The number of amides is 2. The van der Waals surface area contributed by atoms with Gasteiger partial charge in [-0.15, -0.1) is 0 Å². The van der Waals surface area contributed by atoms with Gasteiger partial charge in [0, 0.05) is 0 Å². The molecule has 0 radical (unpaired) electrons. The van der Waals surface area contributed by atoms with Gasteiger partial charge in [-0.05, 0) is 19.1 Å². The Morgan fingerprint density at radius 1 is 1.08 bits per heavy atom. The maximum Gasteiger partial charge on any atom is 0.335 e. The number of carbonyl (C=O) groups is 1. The Morgan fingerprint density at radius 3 is 2.46 bits per heavy atom. The van der Waals surface area contributed by atoms with E-state index in [0.717, 1.165) is 0 Å². The van der Waals surface area contributed by atoms with Crippen LogP contribution in [0.5, 0.6) is 11.8 Å². The Balaban J connectivity index is 2.18. The van der Waals surface area contributed by atoms with Gasteiger partial charge in [0.2, 0.25) is 5.95 Å². The van der Waals surface area contributed by atoms with Crippen LogP contribution in [0.2, 0.25) is 0 Å². The predicted molar refractivity (Wildman–Crippen MR) is 83.5 cm³/mol. The van der Waals surface area contributed by atoms with Gasteiger partial charge in [-0.3, -0.25) is 5.32 Å². The van der Waals surface area contributed by atoms with Crippen LogP contribution >= 0.6 is 0 Å². The van der Waals surface area contributed by atoms with Gasteiger partial charge in [0.1, 0.15) is 16.5 Å². The molecular formula is C13H15N5O5S. The highest BCUT2D eigenvalue weighted by molar-refractivity contribution is 7.90. The maximum absolute atomic E-state index is 12.3. The fourth-order valence-corrected chi connectivity index (χ4v) is 2.83. The Bertz CT molecular complexity index is 856. The van der Waals surface area contributed by atoms with Gasteiger partial charge in [-0.25, -0.2) is 17.9 Å². The van der Waals surface area contributed by atoms with Crippen molar-refractivity contribution in [1.82, 2.24) is 19.7 Å². The van der Waals surface area contributed by atoms with Gasteiger partial charge >= 0.3 is 12.0 Å². The second-order valence-corrected chi connectivity index (χ2v) is 6.05. The number of methoxy groups -OCH3 is 2. The first-order valence-electron chi connectivity index (χ1n) is 6.59. The van der Waals surface area contributed by atoms with Crippen LogP contribution in [0.25, 0.3) is 0 Å². The van der Waals surface area contributed by atoms with Gasteiger partial charge in [-0.2, -0.15) is 15.0 Å². The third kappa shape index (κ3) is 4.07. The number of urea groups is 1. The maximum atomic E-state index is 12.3. The summed E-state index contributed by atoms with van der Waals surface area (Å²) in [6.45, 7) is 1.57. The topological polar surface area (TPSA) is 132 Å². The summed E-state index contributed by atoms with van der Waals surface area (Å²) in [7, 11) is -1.46. The van der Waals surface area contributed by atoms with E-state index in [0.29, 0.717) is 5.82 Å². The Morgan fingerprint density at radius 2 is 1.79 bits per heavy atom. The summed E-state index contributed by atoms with van der Waals surface area (Å²) in [5.41, 5.74) is 0. The van der Waals surface area contributed by atoms with Crippen molar-refractivity contribution in [2.24, 2.45) is 0 Å². The quantitative estimate of drug-likeness (QED) is 0.803. The van der Waals surface area contributed by atoms with Crippen molar-refractivity contribution in [2.45, 2.75) is 11.8 Å². The van der Waals surface area contributed by atoms with E-state index in [9.17, 15) is 13.2 Å². The van der Waals surface area contributed by atoms with Crippen LogP contribution in [-0.2, 0) is 10.0 Å². The van der Waals surface area contributed by atoms with E-state index in [4.69, 9.17) is 9.47 Å². The second-order valence-electron chi connectivity index (χ2n) is 4.40. The molecule has 1 heterocycles. The number of aromatic nitrogens is 3. The molecule has 0 aliphatic carbocycles. The fourth-order valence-electron chi connectivity index (χ4n) is 1.75. The molecule has 0 aliphatic heterocycles. The number of ether oxygens (including phenoxy) is 2. The van der Waals surface area contributed by atoms with Crippen molar-refractivity contribution in [3.63, 3.8) is 0 Å². The lowest BCUT2D eigenvalue weighted by Gasteiger charge is -2.11. The zero-order valence-electron chi connectivity index (χ0n) is 13.1. The first-order valence-corrected chi connectivity index (χ1v) is 8.07. The number of carbonyl (C=O) groups excluding carboxylic acids is 1. The van der Waals surface area contributed by atoms with Crippen molar-refractivity contribution in [1.29, 1.82) is 0 Å². The van der Waals surface area contributed by atoms with Crippen molar-refractivity contribution in [3.05, 3.63) is 30.1 Å². The molecule has 2 amide bonds. The molecule has 24 heavy (non-hydrogen) atoms. The first-order chi connectivity index (χ1) is 11.4. The molecule has 0 saturated carbocycles. The van der Waals surface area contributed by atoms with Crippen LogP contribution in [0.15, 0.2) is 29.2 Å². The summed E-state index contributed by atoms with van der Waals surface area (Å²) in [5, 5.41) is 2.21. The first kappa shape index (κ1) is 17.4. The zero-order chi connectivity index (χ0) is 17.7. The van der Waals surface area contributed by atoms with Gasteiger partial charge in [0.15, 0.2) is 0 Å². The van der Waals surface area contributed by atoms with E-state index in [1.165, 1.54) is 32.4 Å². The standard InChI is InChI=1S/C13H15N5O5S/c1-8-14-11(17-13(15-8)23-3)16-12(19)18-24(20,21)10-7-5-4-6-9(10)22-2/h4-7H,1-3H3,(H2,14,15,16,17,18,19). The number of hydrogen-bond donors (Lipinski definition) is 2. The SMILES string of the molecule is COc1nc(C)nc(NC(=O)NS(=O)(=O)c2ccccc2OC)n1. The number of benzene rings is 1. The van der Waals surface area contributed by atoms with Crippen LogP contribution < -0.4 is 19.5 Å². The molecule has 10 nitrogen and oxygen atoms in total. The number of aryl methyl sites for hydroxylation is 1. The summed E-state index contributed by atoms with van der Waals surface area (Å²) < 4.78 is 36.2. The zero-order valence-corrected chi connectivity index (χ0v) is 13.9. The van der Waals surface area contributed by atoms with E-state index in [2.05, 4.69) is 20.3 Å². The molecule has 128 valence electrons. The van der Waals surface area contributed by atoms with Gasteiger partial charge in [0.25, 0.3) is 10.0 Å².